The van der Waals surface area contributed by atoms with Gasteiger partial charge in [0.2, 0.25) is 5.91 Å². The van der Waals surface area contributed by atoms with Crippen molar-refractivity contribution >= 4 is 11.8 Å². The molecule has 1 aromatic heterocycles. The summed E-state index contributed by atoms with van der Waals surface area (Å²) in [6.45, 7) is 0.884. The number of hydrogen-bond acceptors (Lipinski definition) is 5. The van der Waals surface area contributed by atoms with Crippen LogP contribution in [0.1, 0.15) is 5.56 Å². The van der Waals surface area contributed by atoms with Gasteiger partial charge in [0.1, 0.15) is 6.61 Å². The van der Waals surface area contributed by atoms with Crippen molar-refractivity contribution in [1.29, 1.82) is 0 Å². The second-order valence-corrected chi connectivity index (χ2v) is 6.75. The standard InChI is InChI=1S/C21H25N3O4/c1-22-20(26)21(15-24(10-11-28-21)19(25)14-27-2)12-16-6-3-4-8-18(16)17-7-5-9-23-13-17/h3-9,13H,10-12,14-15H2,1-2H3,(H,22,26)/t21-/m0/s1. The van der Waals surface area contributed by atoms with Crippen molar-refractivity contribution < 1.29 is 19.1 Å². The van der Waals surface area contributed by atoms with Crippen LogP contribution < -0.4 is 5.32 Å². The average Bonchev–Trinajstić information content (AvgIpc) is 2.74. The third-order valence-corrected chi connectivity index (χ3v) is 4.91. The number of morpholine rings is 1. The number of nitrogens with zero attached hydrogens (tertiary/aromatic N) is 2. The van der Waals surface area contributed by atoms with Crippen LogP contribution in [0.5, 0.6) is 0 Å². The molecule has 2 heterocycles. The van der Waals surface area contributed by atoms with Gasteiger partial charge in [0.25, 0.3) is 5.91 Å². The minimum absolute atomic E-state index is 0.0178. The summed E-state index contributed by atoms with van der Waals surface area (Å²) in [6.07, 6.45) is 3.86. The van der Waals surface area contributed by atoms with Crippen LogP contribution in [0, 0.1) is 0 Å². The molecule has 148 valence electrons. The van der Waals surface area contributed by atoms with Gasteiger partial charge in [0.05, 0.1) is 13.2 Å². The van der Waals surface area contributed by atoms with E-state index in [1.165, 1.54) is 7.11 Å². The Labute approximate surface area is 164 Å². The molecule has 2 amide bonds. The van der Waals surface area contributed by atoms with E-state index < -0.39 is 5.60 Å². The Kier molecular flexibility index (Phi) is 6.38. The fourth-order valence-corrected chi connectivity index (χ4v) is 3.55. The fraction of sp³-hybridized carbons (Fsp3) is 0.381. The summed E-state index contributed by atoms with van der Waals surface area (Å²) in [4.78, 5) is 31.0. The highest BCUT2D eigenvalue weighted by molar-refractivity contribution is 5.87. The van der Waals surface area contributed by atoms with Crippen molar-refractivity contribution in [1.82, 2.24) is 15.2 Å². The fourth-order valence-electron chi connectivity index (χ4n) is 3.55. The van der Waals surface area contributed by atoms with Crippen LogP contribution >= 0.6 is 0 Å². The molecule has 0 unspecified atom stereocenters. The molecule has 7 nitrogen and oxygen atoms in total. The predicted molar refractivity (Wildman–Crippen MR) is 105 cm³/mol. The molecule has 0 spiro atoms. The van der Waals surface area contributed by atoms with Gasteiger partial charge < -0.3 is 19.7 Å². The molecule has 1 fully saturated rings. The van der Waals surface area contributed by atoms with E-state index in [4.69, 9.17) is 9.47 Å². The van der Waals surface area contributed by atoms with Crippen molar-refractivity contribution in [2.75, 3.05) is 40.5 Å². The van der Waals surface area contributed by atoms with E-state index in [1.807, 2.05) is 36.4 Å². The molecular weight excluding hydrogens is 358 g/mol. The monoisotopic (exact) mass is 383 g/mol. The molecule has 1 aromatic carbocycles. The zero-order chi connectivity index (χ0) is 20.0. The molecule has 3 rings (SSSR count). The van der Waals surface area contributed by atoms with Crippen LogP contribution in [-0.2, 0) is 25.5 Å². The quantitative estimate of drug-likeness (QED) is 0.813. The Hall–Kier alpha value is -2.77. The van der Waals surface area contributed by atoms with Crippen LogP contribution in [-0.4, -0.2) is 67.8 Å². The Balaban J connectivity index is 1.94. The Morgan fingerprint density at radius 3 is 2.82 bits per heavy atom. The first-order valence-electron chi connectivity index (χ1n) is 9.21. The lowest BCUT2D eigenvalue weighted by Crippen LogP contribution is -2.62. The topological polar surface area (TPSA) is 80.8 Å². The maximum absolute atomic E-state index is 12.8. The highest BCUT2D eigenvalue weighted by Gasteiger charge is 2.45. The normalized spacial score (nSPS) is 19.3. The predicted octanol–water partition coefficient (Wildman–Crippen LogP) is 1.28. The van der Waals surface area contributed by atoms with Gasteiger partial charge >= 0.3 is 0 Å². The summed E-state index contributed by atoms with van der Waals surface area (Å²) in [7, 11) is 3.06. The van der Waals surface area contributed by atoms with Gasteiger partial charge in [-0.25, -0.2) is 0 Å². The Bertz CT molecular complexity index is 827. The number of pyridine rings is 1. The molecule has 28 heavy (non-hydrogen) atoms. The van der Waals surface area contributed by atoms with Gasteiger partial charge in [-0.05, 0) is 17.2 Å². The van der Waals surface area contributed by atoms with Crippen LogP contribution in [0.15, 0.2) is 48.8 Å². The lowest BCUT2D eigenvalue weighted by molar-refractivity contribution is -0.167. The van der Waals surface area contributed by atoms with Crippen LogP contribution in [0.3, 0.4) is 0 Å². The average molecular weight is 383 g/mol. The Morgan fingerprint density at radius 1 is 1.29 bits per heavy atom. The van der Waals surface area contributed by atoms with E-state index in [0.29, 0.717) is 13.0 Å². The first-order valence-corrected chi connectivity index (χ1v) is 9.21. The number of carbonyl (C=O) groups excluding carboxylic acids is 2. The van der Waals surface area contributed by atoms with Gasteiger partial charge in [0, 0.05) is 45.1 Å². The Morgan fingerprint density at radius 2 is 2.11 bits per heavy atom. The zero-order valence-corrected chi connectivity index (χ0v) is 16.2. The number of carbonyl (C=O) groups is 2. The summed E-state index contributed by atoms with van der Waals surface area (Å²) in [6, 6.07) is 11.7. The van der Waals surface area contributed by atoms with Crippen molar-refractivity contribution in [3.8, 4) is 11.1 Å². The molecule has 0 bridgehead atoms. The molecule has 1 aliphatic rings. The molecule has 1 atom stereocenters. The van der Waals surface area contributed by atoms with E-state index in [9.17, 15) is 9.59 Å². The van der Waals surface area contributed by atoms with E-state index in [2.05, 4.69) is 10.3 Å². The third-order valence-electron chi connectivity index (χ3n) is 4.91. The number of hydrogen-bond donors (Lipinski definition) is 1. The first kappa shape index (κ1) is 20.0. The second kappa shape index (κ2) is 8.95. The molecule has 1 aliphatic heterocycles. The molecule has 2 aromatic rings. The smallest absolute Gasteiger partial charge is 0.254 e. The number of likely N-dealkylation sites (N-methyl/N-ethyl adjacent to an activating group) is 1. The minimum Gasteiger partial charge on any atom is -0.375 e. The highest BCUT2D eigenvalue weighted by atomic mass is 16.5. The second-order valence-electron chi connectivity index (χ2n) is 6.75. The van der Waals surface area contributed by atoms with E-state index >= 15 is 0 Å². The lowest BCUT2D eigenvalue weighted by atomic mass is 9.87. The maximum atomic E-state index is 12.8. The number of nitrogens with one attached hydrogen (secondary N) is 1. The van der Waals surface area contributed by atoms with E-state index in [-0.39, 0.29) is 31.6 Å². The number of aromatic nitrogens is 1. The molecule has 1 N–H and O–H groups in total. The molecular formula is C21H25N3O4. The van der Waals surface area contributed by atoms with Crippen molar-refractivity contribution in [2.45, 2.75) is 12.0 Å². The maximum Gasteiger partial charge on any atom is 0.254 e. The summed E-state index contributed by atoms with van der Waals surface area (Å²) < 4.78 is 11.0. The number of methoxy groups -OCH3 is 1. The third kappa shape index (κ3) is 4.21. The SMILES string of the molecule is CNC(=O)[C@]1(Cc2ccccc2-c2cccnc2)CN(C(=O)COC)CCO1. The van der Waals surface area contributed by atoms with E-state index in [0.717, 1.165) is 16.7 Å². The molecule has 0 saturated carbocycles. The van der Waals surface area contributed by atoms with E-state index in [1.54, 1.807) is 24.3 Å². The lowest BCUT2D eigenvalue weighted by Gasteiger charge is -2.41. The van der Waals surface area contributed by atoms with Crippen molar-refractivity contribution in [3.05, 3.63) is 54.4 Å². The van der Waals surface area contributed by atoms with Gasteiger partial charge in [-0.1, -0.05) is 30.3 Å². The number of ether oxygens (including phenoxy) is 2. The summed E-state index contributed by atoms with van der Waals surface area (Å²) in [5, 5.41) is 2.70. The van der Waals surface area contributed by atoms with Crippen molar-refractivity contribution in [2.24, 2.45) is 0 Å². The largest absolute Gasteiger partial charge is 0.375 e. The van der Waals surface area contributed by atoms with Gasteiger partial charge in [0.15, 0.2) is 5.60 Å². The molecule has 7 heteroatoms. The first-order chi connectivity index (χ1) is 13.6. The van der Waals surface area contributed by atoms with Crippen LogP contribution in [0.25, 0.3) is 11.1 Å². The number of rotatable bonds is 6. The van der Waals surface area contributed by atoms with Crippen LogP contribution in [0.4, 0.5) is 0 Å². The molecule has 1 saturated heterocycles. The minimum atomic E-state index is -1.16. The summed E-state index contributed by atoms with van der Waals surface area (Å²) >= 11 is 0. The van der Waals surface area contributed by atoms with Gasteiger partial charge in [-0.2, -0.15) is 0 Å². The van der Waals surface area contributed by atoms with Crippen LogP contribution in [0.2, 0.25) is 0 Å². The van der Waals surface area contributed by atoms with Crippen molar-refractivity contribution in [3.63, 3.8) is 0 Å². The van der Waals surface area contributed by atoms with Gasteiger partial charge in [-0.15, -0.1) is 0 Å². The summed E-state index contributed by atoms with van der Waals surface area (Å²) in [5.74, 6) is -0.400. The molecule has 0 aliphatic carbocycles. The van der Waals surface area contributed by atoms with Gasteiger partial charge in [-0.3, -0.25) is 14.6 Å². The molecule has 0 radical (unpaired) electrons. The number of amides is 2. The summed E-state index contributed by atoms with van der Waals surface area (Å²) in [5.41, 5.74) is 1.76. The highest BCUT2D eigenvalue weighted by Crippen LogP contribution is 2.30. The zero-order valence-electron chi connectivity index (χ0n) is 16.2. The number of benzene rings is 1.